The molecule has 0 fully saturated rings. The summed E-state index contributed by atoms with van der Waals surface area (Å²) in [5.74, 6) is 0. The second-order valence-electron chi connectivity index (χ2n) is 3.62. The first kappa shape index (κ1) is 10.9. The predicted molar refractivity (Wildman–Crippen MR) is 45.5 cm³/mol. The molecule has 0 amide bonds. The van der Waals surface area contributed by atoms with Crippen molar-refractivity contribution in [1.82, 2.24) is 5.32 Å². The molecule has 3 heteroatoms. The molecule has 0 aliphatic heterocycles. The highest BCUT2D eigenvalue weighted by atomic mass is 16.3. The molecular formula is C8H19NO2. The lowest BCUT2D eigenvalue weighted by molar-refractivity contribution is 0.0699. The van der Waals surface area contributed by atoms with Crippen molar-refractivity contribution in [3.8, 4) is 0 Å². The van der Waals surface area contributed by atoms with Crippen LogP contribution in [-0.4, -0.2) is 35.0 Å². The molecule has 1 atom stereocenters. The minimum atomic E-state index is -0.605. The maximum Gasteiger partial charge on any atom is 0.0636 e. The normalized spacial score (nSPS) is 15.0. The van der Waals surface area contributed by atoms with Crippen molar-refractivity contribution in [2.24, 2.45) is 0 Å². The van der Waals surface area contributed by atoms with Gasteiger partial charge in [-0.2, -0.15) is 0 Å². The summed E-state index contributed by atoms with van der Waals surface area (Å²) < 4.78 is 0. The van der Waals surface area contributed by atoms with Gasteiger partial charge in [0.15, 0.2) is 0 Å². The van der Waals surface area contributed by atoms with E-state index in [1.165, 1.54) is 0 Å². The minimum absolute atomic E-state index is 0.309. The molecule has 0 rings (SSSR count). The fourth-order valence-corrected chi connectivity index (χ4v) is 0.705. The standard InChI is InChI=1S/C8H19NO2/c1-7(10)6-9-5-4-8(2,3)11/h7,9-11H,4-6H2,1-3H3. The van der Waals surface area contributed by atoms with Gasteiger partial charge in [0, 0.05) is 6.54 Å². The van der Waals surface area contributed by atoms with E-state index in [2.05, 4.69) is 5.32 Å². The molecule has 11 heavy (non-hydrogen) atoms. The van der Waals surface area contributed by atoms with E-state index in [0.29, 0.717) is 13.0 Å². The molecule has 0 aliphatic rings. The van der Waals surface area contributed by atoms with Crippen LogP contribution in [0.3, 0.4) is 0 Å². The molecule has 68 valence electrons. The van der Waals surface area contributed by atoms with Gasteiger partial charge < -0.3 is 15.5 Å². The third-order valence-electron chi connectivity index (χ3n) is 1.35. The summed E-state index contributed by atoms with van der Waals surface area (Å²) in [4.78, 5) is 0. The molecule has 3 N–H and O–H groups in total. The third-order valence-corrected chi connectivity index (χ3v) is 1.35. The molecule has 0 saturated carbocycles. The van der Waals surface area contributed by atoms with Gasteiger partial charge in [-0.3, -0.25) is 0 Å². The van der Waals surface area contributed by atoms with Crippen LogP contribution in [0.4, 0.5) is 0 Å². The van der Waals surface area contributed by atoms with Crippen LogP contribution in [0.2, 0.25) is 0 Å². The van der Waals surface area contributed by atoms with Gasteiger partial charge in [0.25, 0.3) is 0 Å². The second-order valence-corrected chi connectivity index (χ2v) is 3.62. The summed E-state index contributed by atoms with van der Waals surface area (Å²) in [5, 5.41) is 21.2. The Morgan fingerprint density at radius 1 is 1.45 bits per heavy atom. The average Bonchev–Trinajstić information content (AvgIpc) is 1.78. The summed E-state index contributed by atoms with van der Waals surface area (Å²) in [7, 11) is 0. The van der Waals surface area contributed by atoms with Crippen molar-refractivity contribution < 1.29 is 10.2 Å². The van der Waals surface area contributed by atoms with E-state index < -0.39 is 5.60 Å². The lowest BCUT2D eigenvalue weighted by atomic mass is 10.1. The highest BCUT2D eigenvalue weighted by molar-refractivity contribution is 4.66. The van der Waals surface area contributed by atoms with Crippen LogP contribution in [0.25, 0.3) is 0 Å². The molecule has 0 aliphatic carbocycles. The largest absolute Gasteiger partial charge is 0.392 e. The van der Waals surface area contributed by atoms with Crippen LogP contribution in [0, 0.1) is 0 Å². The number of aliphatic hydroxyl groups is 2. The monoisotopic (exact) mass is 161 g/mol. The Morgan fingerprint density at radius 3 is 2.36 bits per heavy atom. The van der Waals surface area contributed by atoms with Crippen LogP contribution < -0.4 is 5.32 Å². The fraction of sp³-hybridized carbons (Fsp3) is 1.00. The van der Waals surface area contributed by atoms with Crippen molar-refractivity contribution in [2.75, 3.05) is 13.1 Å². The van der Waals surface area contributed by atoms with E-state index in [1.807, 2.05) is 0 Å². The van der Waals surface area contributed by atoms with Crippen molar-refractivity contribution in [3.63, 3.8) is 0 Å². The SMILES string of the molecule is CC(O)CNCCC(C)(C)O. The van der Waals surface area contributed by atoms with Gasteiger partial charge in [-0.25, -0.2) is 0 Å². The Morgan fingerprint density at radius 2 is 2.00 bits per heavy atom. The van der Waals surface area contributed by atoms with Crippen LogP contribution in [0.1, 0.15) is 27.2 Å². The lowest BCUT2D eigenvalue weighted by Gasteiger charge is -2.17. The smallest absolute Gasteiger partial charge is 0.0636 e. The summed E-state index contributed by atoms with van der Waals surface area (Å²) in [5.41, 5.74) is -0.605. The van der Waals surface area contributed by atoms with Gasteiger partial charge >= 0.3 is 0 Å². The first-order valence-electron chi connectivity index (χ1n) is 4.03. The van der Waals surface area contributed by atoms with Crippen LogP contribution in [0.5, 0.6) is 0 Å². The van der Waals surface area contributed by atoms with Crippen molar-refractivity contribution >= 4 is 0 Å². The first-order valence-corrected chi connectivity index (χ1v) is 4.03. The van der Waals surface area contributed by atoms with Crippen molar-refractivity contribution in [1.29, 1.82) is 0 Å². The first-order chi connectivity index (χ1) is 4.92. The van der Waals surface area contributed by atoms with Crippen molar-refractivity contribution in [3.05, 3.63) is 0 Å². The Bertz CT molecular complexity index is 96.8. The molecule has 0 aromatic heterocycles. The molecule has 0 aromatic carbocycles. The molecular weight excluding hydrogens is 142 g/mol. The van der Waals surface area contributed by atoms with Gasteiger partial charge in [0.2, 0.25) is 0 Å². The molecule has 0 heterocycles. The Hall–Kier alpha value is -0.120. The van der Waals surface area contributed by atoms with E-state index in [-0.39, 0.29) is 6.10 Å². The molecule has 0 saturated heterocycles. The van der Waals surface area contributed by atoms with E-state index in [4.69, 9.17) is 5.11 Å². The fourth-order valence-electron chi connectivity index (χ4n) is 0.705. The summed E-state index contributed by atoms with van der Waals surface area (Å²) in [6.07, 6.45) is 0.400. The number of nitrogens with one attached hydrogen (secondary N) is 1. The van der Waals surface area contributed by atoms with Gasteiger partial charge in [-0.15, -0.1) is 0 Å². The van der Waals surface area contributed by atoms with Crippen LogP contribution in [-0.2, 0) is 0 Å². The Balaban J connectivity index is 3.15. The van der Waals surface area contributed by atoms with E-state index in [9.17, 15) is 5.11 Å². The zero-order valence-corrected chi connectivity index (χ0v) is 7.59. The molecule has 3 nitrogen and oxygen atoms in total. The van der Waals surface area contributed by atoms with Gasteiger partial charge in [-0.1, -0.05) is 0 Å². The average molecular weight is 161 g/mol. The quantitative estimate of drug-likeness (QED) is 0.502. The van der Waals surface area contributed by atoms with E-state index in [0.717, 1.165) is 6.54 Å². The van der Waals surface area contributed by atoms with Gasteiger partial charge in [0.1, 0.15) is 0 Å². The van der Waals surface area contributed by atoms with Gasteiger partial charge in [0.05, 0.1) is 11.7 Å². The second kappa shape index (κ2) is 4.70. The third kappa shape index (κ3) is 9.88. The van der Waals surface area contributed by atoms with E-state index >= 15 is 0 Å². The molecule has 0 radical (unpaired) electrons. The minimum Gasteiger partial charge on any atom is -0.392 e. The summed E-state index contributed by atoms with van der Waals surface area (Å²) in [6.45, 7) is 6.62. The van der Waals surface area contributed by atoms with Gasteiger partial charge in [-0.05, 0) is 33.7 Å². The number of aliphatic hydroxyl groups excluding tert-OH is 1. The zero-order chi connectivity index (χ0) is 8.91. The highest BCUT2D eigenvalue weighted by Crippen LogP contribution is 2.04. The summed E-state index contributed by atoms with van der Waals surface area (Å²) in [6, 6.07) is 0. The lowest BCUT2D eigenvalue weighted by Crippen LogP contribution is -2.30. The van der Waals surface area contributed by atoms with E-state index in [1.54, 1.807) is 20.8 Å². The number of hydrogen-bond acceptors (Lipinski definition) is 3. The van der Waals surface area contributed by atoms with Crippen LogP contribution >= 0.6 is 0 Å². The molecule has 0 bridgehead atoms. The maximum atomic E-state index is 9.28. The Kier molecular flexibility index (Phi) is 4.65. The van der Waals surface area contributed by atoms with Crippen molar-refractivity contribution in [2.45, 2.75) is 38.9 Å². The molecule has 0 aromatic rings. The maximum absolute atomic E-state index is 9.28. The topological polar surface area (TPSA) is 52.5 Å². The number of rotatable bonds is 5. The highest BCUT2D eigenvalue weighted by Gasteiger charge is 2.10. The molecule has 0 spiro atoms. The zero-order valence-electron chi connectivity index (χ0n) is 7.59. The summed E-state index contributed by atoms with van der Waals surface area (Å²) >= 11 is 0. The Labute approximate surface area is 68.4 Å². The molecule has 1 unspecified atom stereocenters. The predicted octanol–water partition coefficient (Wildman–Crippen LogP) is 0.118. The van der Waals surface area contributed by atoms with Crippen LogP contribution in [0.15, 0.2) is 0 Å². The number of hydrogen-bond donors (Lipinski definition) is 3.